The molecule has 0 spiro atoms. The van der Waals surface area contributed by atoms with Crippen LogP contribution in [-0.4, -0.2) is 12.5 Å². The third-order valence-electron chi connectivity index (χ3n) is 4.62. The largest absolute Gasteiger partial charge is 0.355 e. The maximum Gasteiger partial charge on any atom is 0.223 e. The molecule has 2 fully saturated rings. The smallest absolute Gasteiger partial charge is 0.223 e. The summed E-state index contributed by atoms with van der Waals surface area (Å²) in [4.78, 5) is 12.1. The minimum Gasteiger partial charge on any atom is -0.355 e. The maximum atomic E-state index is 12.1. The number of benzene rings is 1. The molecular weight excluding hydrogens is 258 g/mol. The standard InChI is InChI=1S/C16H20ClNO/c17-14-7-3-6-13(10-14)16(8-9-16)11-18-15(19)12-4-1-2-5-12/h3,6-7,10,12H,1-2,4-5,8-9,11H2,(H,18,19). The van der Waals surface area contributed by atoms with Crippen LogP contribution in [0.25, 0.3) is 0 Å². The quantitative estimate of drug-likeness (QED) is 0.894. The van der Waals surface area contributed by atoms with Crippen LogP contribution in [0.5, 0.6) is 0 Å². The fourth-order valence-corrected chi connectivity index (χ4v) is 3.32. The first-order valence-corrected chi connectivity index (χ1v) is 7.61. The first-order chi connectivity index (χ1) is 9.20. The first-order valence-electron chi connectivity index (χ1n) is 7.23. The Balaban J connectivity index is 1.61. The summed E-state index contributed by atoms with van der Waals surface area (Å²) in [5.74, 6) is 0.515. The van der Waals surface area contributed by atoms with E-state index in [1.165, 1.54) is 18.4 Å². The Morgan fingerprint density at radius 3 is 2.68 bits per heavy atom. The van der Waals surface area contributed by atoms with Gasteiger partial charge in [0.2, 0.25) is 5.91 Å². The van der Waals surface area contributed by atoms with Gasteiger partial charge in [0.15, 0.2) is 0 Å². The fraction of sp³-hybridized carbons (Fsp3) is 0.562. The number of nitrogens with one attached hydrogen (secondary N) is 1. The molecule has 0 bridgehead atoms. The van der Waals surface area contributed by atoms with E-state index in [2.05, 4.69) is 11.4 Å². The van der Waals surface area contributed by atoms with Gasteiger partial charge in [0.05, 0.1) is 0 Å². The number of halogens is 1. The summed E-state index contributed by atoms with van der Waals surface area (Å²) < 4.78 is 0. The molecular formula is C16H20ClNO. The van der Waals surface area contributed by atoms with Gasteiger partial charge in [-0.05, 0) is 43.4 Å². The summed E-state index contributed by atoms with van der Waals surface area (Å²) >= 11 is 6.06. The second-order valence-electron chi connectivity index (χ2n) is 5.99. The lowest BCUT2D eigenvalue weighted by Gasteiger charge is -2.18. The lowest BCUT2D eigenvalue weighted by molar-refractivity contribution is -0.124. The lowest BCUT2D eigenvalue weighted by atomic mass is 9.95. The van der Waals surface area contributed by atoms with E-state index in [0.717, 1.165) is 37.3 Å². The van der Waals surface area contributed by atoms with Crippen molar-refractivity contribution in [1.29, 1.82) is 0 Å². The summed E-state index contributed by atoms with van der Waals surface area (Å²) in [5.41, 5.74) is 1.42. The number of hydrogen-bond acceptors (Lipinski definition) is 1. The Bertz CT molecular complexity index is 475. The van der Waals surface area contributed by atoms with Gasteiger partial charge in [-0.15, -0.1) is 0 Å². The molecule has 0 aromatic heterocycles. The monoisotopic (exact) mass is 277 g/mol. The molecule has 1 amide bonds. The Kier molecular flexibility index (Phi) is 3.53. The van der Waals surface area contributed by atoms with Crippen molar-refractivity contribution in [2.45, 2.75) is 43.9 Å². The highest BCUT2D eigenvalue weighted by Gasteiger charge is 2.44. The summed E-state index contributed by atoms with van der Waals surface area (Å²) in [7, 11) is 0. The minimum absolute atomic E-state index is 0.152. The van der Waals surface area contributed by atoms with Crippen molar-refractivity contribution in [2.75, 3.05) is 6.54 Å². The second kappa shape index (κ2) is 5.16. The predicted octanol–water partition coefficient (Wildman–Crippen LogP) is 3.68. The van der Waals surface area contributed by atoms with Crippen LogP contribution in [0.1, 0.15) is 44.1 Å². The Hall–Kier alpha value is -1.02. The zero-order valence-corrected chi connectivity index (χ0v) is 11.9. The van der Waals surface area contributed by atoms with Crippen LogP contribution in [0.3, 0.4) is 0 Å². The van der Waals surface area contributed by atoms with Crippen molar-refractivity contribution in [1.82, 2.24) is 5.32 Å². The van der Waals surface area contributed by atoms with E-state index >= 15 is 0 Å². The van der Waals surface area contributed by atoms with Gasteiger partial charge in [0.1, 0.15) is 0 Å². The number of carbonyl (C=O) groups excluding carboxylic acids is 1. The van der Waals surface area contributed by atoms with Crippen molar-refractivity contribution in [2.24, 2.45) is 5.92 Å². The van der Waals surface area contributed by atoms with Crippen LogP contribution in [0, 0.1) is 5.92 Å². The molecule has 0 radical (unpaired) electrons. The molecule has 0 unspecified atom stereocenters. The third-order valence-corrected chi connectivity index (χ3v) is 4.85. The first kappa shape index (κ1) is 13.0. The number of rotatable bonds is 4. The summed E-state index contributed by atoms with van der Waals surface area (Å²) in [5, 5.41) is 3.95. The molecule has 19 heavy (non-hydrogen) atoms. The maximum absolute atomic E-state index is 12.1. The van der Waals surface area contributed by atoms with Gasteiger partial charge < -0.3 is 5.32 Å². The molecule has 1 aromatic carbocycles. The van der Waals surface area contributed by atoms with Gasteiger partial charge in [-0.2, -0.15) is 0 Å². The summed E-state index contributed by atoms with van der Waals surface area (Å²) in [6.07, 6.45) is 6.84. The molecule has 2 aliphatic rings. The van der Waals surface area contributed by atoms with Crippen LogP contribution in [0.4, 0.5) is 0 Å². The topological polar surface area (TPSA) is 29.1 Å². The van der Waals surface area contributed by atoms with Gasteiger partial charge in [-0.1, -0.05) is 36.6 Å². The Morgan fingerprint density at radius 1 is 1.32 bits per heavy atom. The molecule has 3 rings (SSSR count). The molecule has 2 saturated carbocycles. The van der Waals surface area contributed by atoms with Gasteiger partial charge >= 0.3 is 0 Å². The van der Waals surface area contributed by atoms with E-state index in [-0.39, 0.29) is 17.2 Å². The third kappa shape index (κ3) is 2.79. The lowest BCUT2D eigenvalue weighted by Crippen LogP contribution is -2.35. The molecule has 3 heteroatoms. The van der Waals surface area contributed by atoms with Crippen molar-refractivity contribution in [3.8, 4) is 0 Å². The van der Waals surface area contributed by atoms with E-state index in [0.29, 0.717) is 0 Å². The van der Waals surface area contributed by atoms with E-state index in [1.54, 1.807) is 0 Å². The van der Waals surface area contributed by atoms with E-state index in [1.807, 2.05) is 18.2 Å². The van der Waals surface area contributed by atoms with Crippen LogP contribution in [0.2, 0.25) is 5.02 Å². The van der Waals surface area contributed by atoms with Crippen molar-refractivity contribution in [3.63, 3.8) is 0 Å². The van der Waals surface area contributed by atoms with Crippen molar-refractivity contribution < 1.29 is 4.79 Å². The minimum atomic E-state index is 0.152. The number of hydrogen-bond donors (Lipinski definition) is 1. The molecule has 2 aliphatic carbocycles. The van der Waals surface area contributed by atoms with Crippen LogP contribution in [-0.2, 0) is 10.2 Å². The number of amides is 1. The van der Waals surface area contributed by atoms with Crippen molar-refractivity contribution in [3.05, 3.63) is 34.9 Å². The molecule has 2 nitrogen and oxygen atoms in total. The highest BCUT2D eigenvalue weighted by molar-refractivity contribution is 6.30. The molecule has 1 N–H and O–H groups in total. The zero-order valence-electron chi connectivity index (χ0n) is 11.1. The van der Waals surface area contributed by atoms with Gasteiger partial charge in [-0.25, -0.2) is 0 Å². The van der Waals surface area contributed by atoms with Gasteiger partial charge in [-0.3, -0.25) is 4.79 Å². The van der Waals surface area contributed by atoms with Crippen LogP contribution in [0.15, 0.2) is 24.3 Å². The highest BCUT2D eigenvalue weighted by Crippen LogP contribution is 2.48. The number of carbonyl (C=O) groups is 1. The SMILES string of the molecule is O=C(NCC1(c2cccc(Cl)c2)CC1)C1CCCC1. The molecule has 102 valence electrons. The summed E-state index contributed by atoms with van der Waals surface area (Å²) in [6, 6.07) is 8.06. The van der Waals surface area contributed by atoms with Crippen molar-refractivity contribution >= 4 is 17.5 Å². The Morgan fingerprint density at radius 2 is 2.05 bits per heavy atom. The van der Waals surface area contributed by atoms with E-state index in [4.69, 9.17) is 11.6 Å². The normalized spacial score (nSPS) is 21.3. The molecule has 0 aliphatic heterocycles. The average molecular weight is 278 g/mol. The second-order valence-corrected chi connectivity index (χ2v) is 6.43. The van der Waals surface area contributed by atoms with E-state index in [9.17, 15) is 4.79 Å². The highest BCUT2D eigenvalue weighted by atomic mass is 35.5. The zero-order chi connectivity index (χ0) is 13.3. The van der Waals surface area contributed by atoms with Crippen LogP contribution >= 0.6 is 11.6 Å². The summed E-state index contributed by atoms with van der Waals surface area (Å²) in [6.45, 7) is 0.767. The molecule has 1 aromatic rings. The van der Waals surface area contributed by atoms with E-state index < -0.39 is 0 Å². The predicted molar refractivity (Wildman–Crippen MR) is 77.3 cm³/mol. The fourth-order valence-electron chi connectivity index (χ4n) is 3.13. The van der Waals surface area contributed by atoms with Crippen LogP contribution < -0.4 is 5.32 Å². The molecule has 0 saturated heterocycles. The van der Waals surface area contributed by atoms with Gasteiger partial charge in [0.25, 0.3) is 0 Å². The Labute approximate surface area is 119 Å². The average Bonchev–Trinajstić information content (AvgIpc) is 3.00. The van der Waals surface area contributed by atoms with Gasteiger partial charge in [0, 0.05) is 22.9 Å². The molecule has 0 atom stereocenters. The molecule has 0 heterocycles.